The fourth-order valence-corrected chi connectivity index (χ4v) is 5.53. The molecule has 1 atom stereocenters. The lowest BCUT2D eigenvalue weighted by Crippen LogP contribution is -2.33. The van der Waals surface area contributed by atoms with Crippen molar-refractivity contribution in [2.24, 2.45) is 11.1 Å². The van der Waals surface area contributed by atoms with E-state index in [9.17, 15) is 4.79 Å². The van der Waals surface area contributed by atoms with Crippen LogP contribution in [0.3, 0.4) is 0 Å². The topological polar surface area (TPSA) is 65.2 Å². The van der Waals surface area contributed by atoms with Crippen LogP contribution in [-0.2, 0) is 9.53 Å². The van der Waals surface area contributed by atoms with E-state index in [0.717, 1.165) is 33.0 Å². The van der Waals surface area contributed by atoms with Gasteiger partial charge in [-0.2, -0.15) is 0 Å². The van der Waals surface area contributed by atoms with E-state index in [1.807, 2.05) is 35.7 Å². The average Bonchev–Trinajstić information content (AvgIpc) is 3.23. The summed E-state index contributed by atoms with van der Waals surface area (Å²) >= 11 is 1.53. The second-order valence-electron chi connectivity index (χ2n) is 9.41. The number of rotatable bonds is 3. The van der Waals surface area contributed by atoms with E-state index in [0.29, 0.717) is 24.5 Å². The third-order valence-electron chi connectivity index (χ3n) is 6.17. The molecule has 2 aliphatic rings. The minimum Gasteiger partial charge on any atom is -0.445 e. The van der Waals surface area contributed by atoms with Crippen molar-refractivity contribution in [2.45, 2.75) is 39.5 Å². The zero-order valence-corrected chi connectivity index (χ0v) is 19.3. The molecule has 5 heteroatoms. The molecule has 0 saturated heterocycles. The van der Waals surface area contributed by atoms with E-state index in [2.05, 4.69) is 45.0 Å². The molecule has 0 saturated carbocycles. The lowest BCUT2D eigenvalue weighted by molar-refractivity contribution is -0.118. The smallest absolute Gasteiger partial charge is 0.197 e. The lowest BCUT2D eigenvalue weighted by Gasteiger charge is -2.38. The molecule has 0 amide bonds. The molecule has 32 heavy (non-hydrogen) atoms. The summed E-state index contributed by atoms with van der Waals surface area (Å²) in [6.45, 7) is 6.26. The van der Waals surface area contributed by atoms with E-state index in [1.165, 1.54) is 16.9 Å². The molecule has 0 spiro atoms. The molecule has 1 unspecified atom stereocenters. The SMILES string of the molecule is Cc1ccc(C2C3=C(CC(C)(C)CC3=O)OC(N)=C2c2nc(-c3ccccc3)cs2)cc1. The van der Waals surface area contributed by atoms with Crippen molar-refractivity contribution >= 4 is 22.7 Å². The van der Waals surface area contributed by atoms with Gasteiger partial charge in [0.05, 0.1) is 11.3 Å². The highest BCUT2D eigenvalue weighted by molar-refractivity contribution is 7.11. The number of aryl methyl sites for hydroxylation is 1. The molecule has 0 bridgehead atoms. The molecule has 1 aromatic heterocycles. The minimum absolute atomic E-state index is 0.131. The molecule has 4 nitrogen and oxygen atoms in total. The predicted molar refractivity (Wildman–Crippen MR) is 129 cm³/mol. The van der Waals surface area contributed by atoms with Crippen molar-refractivity contribution in [3.63, 3.8) is 0 Å². The molecule has 1 aliphatic carbocycles. The first-order chi connectivity index (χ1) is 15.3. The van der Waals surface area contributed by atoms with Crippen molar-refractivity contribution in [3.05, 3.63) is 93.3 Å². The molecule has 0 fully saturated rings. The lowest BCUT2D eigenvalue weighted by atomic mass is 9.70. The van der Waals surface area contributed by atoms with Crippen LogP contribution in [0.5, 0.6) is 0 Å². The first-order valence-corrected chi connectivity index (χ1v) is 11.7. The highest BCUT2D eigenvalue weighted by atomic mass is 32.1. The molecule has 0 radical (unpaired) electrons. The van der Waals surface area contributed by atoms with Crippen molar-refractivity contribution < 1.29 is 9.53 Å². The maximum atomic E-state index is 13.4. The maximum absolute atomic E-state index is 13.4. The maximum Gasteiger partial charge on any atom is 0.197 e. The number of Topliss-reactive ketones (excluding diaryl/α,β-unsaturated/α-hetero) is 1. The van der Waals surface area contributed by atoms with Crippen LogP contribution in [-0.4, -0.2) is 10.8 Å². The summed E-state index contributed by atoms with van der Waals surface area (Å²) in [5.41, 5.74) is 12.1. The van der Waals surface area contributed by atoms with Gasteiger partial charge >= 0.3 is 0 Å². The van der Waals surface area contributed by atoms with E-state index >= 15 is 0 Å². The number of ether oxygens (including phenoxy) is 1. The second-order valence-corrected chi connectivity index (χ2v) is 10.3. The molecule has 2 N–H and O–H groups in total. The van der Waals surface area contributed by atoms with E-state index < -0.39 is 0 Å². The molecular formula is C27H26N2O2S. The van der Waals surface area contributed by atoms with Crippen LogP contribution in [0.15, 0.2) is 77.2 Å². The Morgan fingerprint density at radius 2 is 1.75 bits per heavy atom. The Hall–Kier alpha value is -3.18. The fourth-order valence-electron chi connectivity index (χ4n) is 4.63. The standard InChI is InChI=1S/C27H26N2O2S/c1-16-9-11-18(12-10-16)22-23-20(30)13-27(2,3)14-21(23)31-25(28)24(22)26-29-19(15-32-26)17-7-5-4-6-8-17/h4-12,15,22H,13-14,28H2,1-3H3. The number of nitrogens with two attached hydrogens (primary N) is 1. The fraction of sp³-hybridized carbons (Fsp3) is 0.259. The number of benzene rings is 2. The number of hydrogen-bond acceptors (Lipinski definition) is 5. The first kappa shape index (κ1) is 20.7. The van der Waals surface area contributed by atoms with Crippen molar-refractivity contribution in [1.82, 2.24) is 4.98 Å². The molecule has 2 aromatic carbocycles. The van der Waals surface area contributed by atoms with E-state index in [1.54, 1.807) is 0 Å². The zero-order valence-electron chi connectivity index (χ0n) is 18.5. The van der Waals surface area contributed by atoms with E-state index in [4.69, 9.17) is 15.5 Å². The monoisotopic (exact) mass is 442 g/mol. The number of nitrogens with zero attached hydrogens (tertiary/aromatic N) is 1. The van der Waals surface area contributed by atoms with Gasteiger partial charge in [0.25, 0.3) is 0 Å². The largest absolute Gasteiger partial charge is 0.445 e. The van der Waals surface area contributed by atoms with E-state index in [-0.39, 0.29) is 17.1 Å². The van der Waals surface area contributed by atoms with Crippen LogP contribution in [0, 0.1) is 12.3 Å². The summed E-state index contributed by atoms with van der Waals surface area (Å²) in [6, 6.07) is 18.4. The Morgan fingerprint density at radius 1 is 1.03 bits per heavy atom. The Kier molecular flexibility index (Phi) is 5.01. The molecule has 1 aliphatic heterocycles. The summed E-state index contributed by atoms with van der Waals surface area (Å²) in [4.78, 5) is 18.3. The molecule has 162 valence electrons. The Morgan fingerprint density at radius 3 is 2.47 bits per heavy atom. The van der Waals surface area contributed by atoms with Crippen molar-refractivity contribution in [2.75, 3.05) is 0 Å². The number of carbonyl (C=O) groups is 1. The van der Waals surface area contributed by atoms with Gasteiger partial charge in [0.15, 0.2) is 11.7 Å². The van der Waals surface area contributed by atoms with Crippen LogP contribution in [0.25, 0.3) is 16.8 Å². The van der Waals surface area contributed by atoms with Gasteiger partial charge in [-0.15, -0.1) is 11.3 Å². The zero-order chi connectivity index (χ0) is 22.5. The van der Waals surface area contributed by atoms with Gasteiger partial charge in [0.2, 0.25) is 0 Å². The predicted octanol–water partition coefficient (Wildman–Crippen LogP) is 6.20. The first-order valence-electron chi connectivity index (χ1n) is 10.8. The normalized spacial score (nSPS) is 20.2. The molecule has 2 heterocycles. The van der Waals surface area contributed by atoms with Gasteiger partial charge in [-0.05, 0) is 17.9 Å². The van der Waals surface area contributed by atoms with Crippen LogP contribution in [0.1, 0.15) is 48.7 Å². The molecule has 3 aromatic rings. The van der Waals surface area contributed by atoms with Gasteiger partial charge in [0.1, 0.15) is 10.8 Å². The number of ketones is 1. The number of allylic oxidation sites excluding steroid dienone is 3. The highest BCUT2D eigenvalue weighted by Crippen LogP contribution is 2.51. The Balaban J connectivity index is 1.65. The summed E-state index contributed by atoms with van der Waals surface area (Å²) in [7, 11) is 0. The second kappa shape index (κ2) is 7.75. The number of thiazole rings is 1. The van der Waals surface area contributed by atoms with Gasteiger partial charge in [-0.25, -0.2) is 4.98 Å². The van der Waals surface area contributed by atoms with Crippen LogP contribution < -0.4 is 5.73 Å². The van der Waals surface area contributed by atoms with Crippen molar-refractivity contribution in [1.29, 1.82) is 0 Å². The average molecular weight is 443 g/mol. The Bertz CT molecular complexity index is 1250. The van der Waals surface area contributed by atoms with Crippen molar-refractivity contribution in [3.8, 4) is 11.3 Å². The third-order valence-corrected chi connectivity index (χ3v) is 7.05. The number of carbonyl (C=O) groups excluding carboxylic acids is 1. The summed E-state index contributed by atoms with van der Waals surface area (Å²) in [5.74, 6) is 0.899. The summed E-state index contributed by atoms with van der Waals surface area (Å²) in [5, 5.41) is 2.82. The van der Waals surface area contributed by atoms with Gasteiger partial charge in [-0.1, -0.05) is 74.0 Å². The van der Waals surface area contributed by atoms with Gasteiger partial charge in [-0.3, -0.25) is 4.79 Å². The van der Waals surface area contributed by atoms with Gasteiger partial charge < -0.3 is 10.5 Å². The highest BCUT2D eigenvalue weighted by Gasteiger charge is 2.43. The summed E-state index contributed by atoms with van der Waals surface area (Å²) < 4.78 is 6.14. The number of hydrogen-bond donors (Lipinski definition) is 1. The minimum atomic E-state index is -0.280. The number of aromatic nitrogens is 1. The van der Waals surface area contributed by atoms with Gasteiger partial charge in [0, 0.05) is 35.3 Å². The van der Waals surface area contributed by atoms with Crippen LogP contribution in [0.2, 0.25) is 0 Å². The molecular weight excluding hydrogens is 416 g/mol. The third kappa shape index (κ3) is 3.67. The quantitative estimate of drug-likeness (QED) is 0.524. The van der Waals surface area contributed by atoms with Crippen LogP contribution >= 0.6 is 11.3 Å². The Labute approximate surface area is 192 Å². The summed E-state index contributed by atoms with van der Waals surface area (Å²) in [6.07, 6.45) is 1.19. The molecule has 5 rings (SSSR count). The van der Waals surface area contributed by atoms with Crippen LogP contribution in [0.4, 0.5) is 0 Å².